The second-order valence-electron chi connectivity index (χ2n) is 8.45. The minimum atomic E-state index is -0.208. The van der Waals surface area contributed by atoms with Gasteiger partial charge in [0.05, 0.1) is 5.52 Å². The van der Waals surface area contributed by atoms with Gasteiger partial charge in [0.2, 0.25) is 0 Å². The summed E-state index contributed by atoms with van der Waals surface area (Å²) in [5, 5.41) is 4.03. The van der Waals surface area contributed by atoms with E-state index in [1.807, 2.05) is 49.4 Å². The normalized spacial score (nSPS) is 17.4. The molecule has 0 amide bonds. The number of rotatable bonds is 4. The van der Waals surface area contributed by atoms with Crippen LogP contribution in [0.4, 0.5) is 4.39 Å². The molecule has 2 aliphatic heterocycles. The third-order valence-electron chi connectivity index (χ3n) is 5.91. The molecule has 156 valence electrons. The zero-order valence-electron chi connectivity index (χ0n) is 18.1. The Balaban J connectivity index is 1.78. The molecule has 0 unspecified atom stereocenters. The molecule has 1 aromatic heterocycles. The van der Waals surface area contributed by atoms with Crippen molar-refractivity contribution in [1.29, 1.82) is 0 Å². The number of nitrogens with one attached hydrogen (secondary N) is 1. The molecule has 1 saturated heterocycles. The van der Waals surface area contributed by atoms with Gasteiger partial charge in [-0.2, -0.15) is 0 Å². The average Bonchev–Trinajstić information content (AvgIpc) is 2.74. The molecule has 0 atom stereocenters. The molecule has 0 bridgehead atoms. The van der Waals surface area contributed by atoms with Gasteiger partial charge >= 0.3 is 0 Å². The van der Waals surface area contributed by atoms with E-state index in [0.717, 1.165) is 60.4 Å². The molecule has 0 saturated carbocycles. The van der Waals surface area contributed by atoms with Crippen LogP contribution in [0.5, 0.6) is 0 Å². The number of pyridine rings is 1. The van der Waals surface area contributed by atoms with E-state index in [-0.39, 0.29) is 5.82 Å². The number of aromatic nitrogens is 1. The van der Waals surface area contributed by atoms with E-state index in [0.29, 0.717) is 11.3 Å². The highest BCUT2D eigenvalue weighted by Gasteiger charge is 2.21. The Morgan fingerprint density at radius 1 is 1.23 bits per heavy atom. The van der Waals surface area contributed by atoms with Gasteiger partial charge in [0, 0.05) is 29.2 Å². The molecule has 0 aliphatic carbocycles. The van der Waals surface area contributed by atoms with Gasteiger partial charge in [0.25, 0.3) is 0 Å². The summed E-state index contributed by atoms with van der Waals surface area (Å²) in [7, 11) is 0. The van der Waals surface area contributed by atoms with Crippen LogP contribution in [0, 0.1) is 5.82 Å². The van der Waals surface area contributed by atoms with Crippen LogP contribution in [0.2, 0.25) is 0 Å². The lowest BCUT2D eigenvalue weighted by Crippen LogP contribution is -2.27. The largest absolute Gasteiger partial charge is 0.324 e. The van der Waals surface area contributed by atoms with E-state index >= 15 is 4.39 Å². The standard InChI is InChI=1S/C26H30FN3/c1-5-25-22(19-8-10-28-11-9-19)14-23-24(27)12-21(13-26(23)29-25)20-7-6-18(4)30(16-20)15-17(2)3/h6-7,12-16,19,28H,4-5,8-11H2,1-3H3. The van der Waals surface area contributed by atoms with Crippen LogP contribution < -0.4 is 5.32 Å². The number of aryl methyl sites for hydroxylation is 1. The van der Waals surface area contributed by atoms with Crippen molar-refractivity contribution >= 4 is 16.5 Å². The Kier molecular flexibility index (Phi) is 5.87. The number of allylic oxidation sites excluding steroid dienone is 4. The maximum Gasteiger partial charge on any atom is 0.133 e. The van der Waals surface area contributed by atoms with Crippen LogP contribution in [0.1, 0.15) is 56.4 Å². The van der Waals surface area contributed by atoms with Crippen molar-refractivity contribution in [2.24, 2.45) is 0 Å². The Morgan fingerprint density at radius 3 is 2.70 bits per heavy atom. The van der Waals surface area contributed by atoms with Crippen molar-refractivity contribution in [2.75, 3.05) is 13.1 Å². The topological polar surface area (TPSA) is 28.2 Å². The van der Waals surface area contributed by atoms with Crippen molar-refractivity contribution in [3.05, 3.63) is 83.2 Å². The van der Waals surface area contributed by atoms with Gasteiger partial charge in [0.1, 0.15) is 5.82 Å². The zero-order valence-corrected chi connectivity index (χ0v) is 18.1. The molecule has 3 heterocycles. The smallest absolute Gasteiger partial charge is 0.133 e. The minimum absolute atomic E-state index is 0.208. The highest BCUT2D eigenvalue weighted by atomic mass is 19.1. The molecule has 1 N–H and O–H groups in total. The predicted octanol–water partition coefficient (Wildman–Crippen LogP) is 6.05. The number of hydrogen-bond donors (Lipinski definition) is 1. The Morgan fingerprint density at radius 2 is 2.00 bits per heavy atom. The first-order valence-corrected chi connectivity index (χ1v) is 10.8. The van der Waals surface area contributed by atoms with Crippen LogP contribution in [0.3, 0.4) is 0 Å². The second-order valence-corrected chi connectivity index (χ2v) is 8.45. The number of halogens is 1. The van der Waals surface area contributed by atoms with Crippen LogP contribution in [-0.4, -0.2) is 23.0 Å². The summed E-state index contributed by atoms with van der Waals surface area (Å²) >= 11 is 0. The Bertz CT molecular complexity index is 1070. The number of piperidine rings is 1. The van der Waals surface area contributed by atoms with Gasteiger partial charge in [-0.1, -0.05) is 25.2 Å². The second kappa shape index (κ2) is 8.57. The molecule has 0 radical (unpaired) electrons. The van der Waals surface area contributed by atoms with Gasteiger partial charge in [-0.3, -0.25) is 4.98 Å². The van der Waals surface area contributed by atoms with Gasteiger partial charge in [-0.25, -0.2) is 4.39 Å². The molecule has 2 aromatic rings. The minimum Gasteiger partial charge on any atom is -0.324 e. The zero-order chi connectivity index (χ0) is 21.3. The van der Waals surface area contributed by atoms with Gasteiger partial charge in [-0.15, -0.1) is 0 Å². The Labute approximate surface area is 178 Å². The molecule has 1 fully saturated rings. The lowest BCUT2D eigenvalue weighted by atomic mass is 9.87. The fraction of sp³-hybridized carbons (Fsp3) is 0.346. The van der Waals surface area contributed by atoms with E-state index in [4.69, 9.17) is 4.98 Å². The van der Waals surface area contributed by atoms with E-state index < -0.39 is 0 Å². The first-order valence-electron chi connectivity index (χ1n) is 10.8. The van der Waals surface area contributed by atoms with Gasteiger partial charge in [-0.05, 0) is 93.1 Å². The highest BCUT2D eigenvalue weighted by Crippen LogP contribution is 2.33. The quantitative estimate of drug-likeness (QED) is 0.673. The van der Waals surface area contributed by atoms with Gasteiger partial charge in [0.15, 0.2) is 0 Å². The lowest BCUT2D eigenvalue weighted by molar-refractivity contribution is 0.457. The van der Waals surface area contributed by atoms with Crippen molar-refractivity contribution in [1.82, 2.24) is 15.2 Å². The number of benzene rings is 1. The molecule has 4 heteroatoms. The molecule has 30 heavy (non-hydrogen) atoms. The fourth-order valence-electron chi connectivity index (χ4n) is 4.34. The van der Waals surface area contributed by atoms with Crippen LogP contribution in [0.25, 0.3) is 16.5 Å². The molecule has 1 aromatic carbocycles. The summed E-state index contributed by atoms with van der Waals surface area (Å²) < 4.78 is 15.2. The molecular formula is C26H30FN3. The molecule has 3 nitrogen and oxygen atoms in total. The van der Waals surface area contributed by atoms with Crippen molar-refractivity contribution in [2.45, 2.75) is 46.0 Å². The predicted molar refractivity (Wildman–Crippen MR) is 123 cm³/mol. The molecule has 0 spiro atoms. The summed E-state index contributed by atoms with van der Waals surface area (Å²) in [5.41, 5.74) is 6.89. The number of hydrogen-bond acceptors (Lipinski definition) is 3. The molecule has 2 aliphatic rings. The summed E-state index contributed by atoms with van der Waals surface area (Å²) in [6.07, 6.45) is 11.0. The molecule has 4 rings (SSSR count). The molecular weight excluding hydrogens is 373 g/mol. The Hall–Kier alpha value is -2.72. The van der Waals surface area contributed by atoms with Crippen molar-refractivity contribution < 1.29 is 4.39 Å². The maximum atomic E-state index is 15.2. The van der Waals surface area contributed by atoms with E-state index in [9.17, 15) is 0 Å². The van der Waals surface area contributed by atoms with E-state index in [1.165, 1.54) is 11.1 Å². The third kappa shape index (κ3) is 4.10. The first-order chi connectivity index (χ1) is 14.5. The lowest BCUT2D eigenvalue weighted by Gasteiger charge is -2.25. The first kappa shape index (κ1) is 20.5. The van der Waals surface area contributed by atoms with E-state index in [2.05, 4.69) is 24.9 Å². The fourth-order valence-corrected chi connectivity index (χ4v) is 4.34. The van der Waals surface area contributed by atoms with E-state index in [1.54, 1.807) is 6.07 Å². The van der Waals surface area contributed by atoms with Gasteiger partial charge < -0.3 is 10.2 Å². The van der Waals surface area contributed by atoms with Crippen LogP contribution in [-0.2, 0) is 6.42 Å². The third-order valence-corrected chi connectivity index (χ3v) is 5.91. The number of fused-ring (bicyclic) bond motifs is 1. The van der Waals surface area contributed by atoms with Crippen molar-refractivity contribution in [3.63, 3.8) is 0 Å². The highest BCUT2D eigenvalue weighted by molar-refractivity contribution is 5.87. The average molecular weight is 404 g/mol. The monoisotopic (exact) mass is 403 g/mol. The van der Waals surface area contributed by atoms with Crippen LogP contribution in [0.15, 0.2) is 60.6 Å². The summed E-state index contributed by atoms with van der Waals surface area (Å²) in [5.74, 6) is 0.255. The van der Waals surface area contributed by atoms with Crippen molar-refractivity contribution in [3.8, 4) is 0 Å². The SMILES string of the molecule is C=C1C=CC(c2cc(F)c3cc(C4CCNCC4)c(CC)nc3c2)=CN1C=C(C)C. The van der Waals surface area contributed by atoms with Crippen LogP contribution >= 0.6 is 0 Å². The summed E-state index contributed by atoms with van der Waals surface area (Å²) in [6, 6.07) is 5.69. The maximum absolute atomic E-state index is 15.2. The summed E-state index contributed by atoms with van der Waals surface area (Å²) in [4.78, 5) is 6.90. The summed E-state index contributed by atoms with van der Waals surface area (Å²) in [6.45, 7) is 12.3. The number of nitrogens with zero attached hydrogens (tertiary/aromatic N) is 2.